The highest BCUT2D eigenvalue weighted by molar-refractivity contribution is 14.0. The van der Waals surface area contributed by atoms with Gasteiger partial charge in [-0.15, -0.1) is 24.0 Å². The molecule has 0 saturated carbocycles. The maximum Gasteiger partial charge on any atom is 0.251 e. The van der Waals surface area contributed by atoms with Crippen molar-refractivity contribution in [2.75, 3.05) is 39.3 Å². The van der Waals surface area contributed by atoms with Gasteiger partial charge in [-0.05, 0) is 33.6 Å². The fraction of sp³-hybridized carbons (Fsp3) is 0.722. The van der Waals surface area contributed by atoms with E-state index in [0.29, 0.717) is 32.1 Å². The van der Waals surface area contributed by atoms with Crippen molar-refractivity contribution < 1.29 is 13.9 Å². The van der Waals surface area contributed by atoms with E-state index in [1.54, 1.807) is 0 Å². The van der Waals surface area contributed by atoms with Gasteiger partial charge >= 0.3 is 0 Å². The molecule has 0 radical (unpaired) electrons. The van der Waals surface area contributed by atoms with E-state index in [1.807, 2.05) is 25.7 Å². The fourth-order valence-electron chi connectivity index (χ4n) is 3.29. The van der Waals surface area contributed by atoms with Gasteiger partial charge < -0.3 is 24.3 Å². The highest BCUT2D eigenvalue weighted by atomic mass is 127. The normalized spacial score (nSPS) is 20.6. The second kappa shape index (κ2) is 10.3. The van der Waals surface area contributed by atoms with E-state index in [-0.39, 0.29) is 36.0 Å². The van der Waals surface area contributed by atoms with Crippen molar-refractivity contribution in [3.8, 4) is 0 Å². The lowest BCUT2D eigenvalue weighted by atomic mass is 10.2. The van der Waals surface area contributed by atoms with Crippen molar-refractivity contribution in [3.05, 3.63) is 17.3 Å². The number of ether oxygens (including phenoxy) is 1. The van der Waals surface area contributed by atoms with E-state index in [1.165, 1.54) is 0 Å². The lowest BCUT2D eigenvalue weighted by Gasteiger charge is -2.37. The monoisotopic (exact) mass is 491 g/mol. The third kappa shape index (κ3) is 5.56. The number of nitrogens with one attached hydrogen (secondary N) is 1. The summed E-state index contributed by atoms with van der Waals surface area (Å²) in [6, 6.07) is 0. The number of nitrogens with zero attached hydrogens (tertiary/aromatic N) is 4. The Morgan fingerprint density at radius 2 is 1.96 bits per heavy atom. The number of amides is 1. The molecule has 0 bridgehead atoms. The van der Waals surface area contributed by atoms with Gasteiger partial charge in [0.25, 0.3) is 5.91 Å². The van der Waals surface area contributed by atoms with E-state index in [2.05, 4.69) is 20.2 Å². The van der Waals surface area contributed by atoms with Gasteiger partial charge in [0.05, 0.1) is 5.69 Å². The van der Waals surface area contributed by atoms with Gasteiger partial charge in [0.1, 0.15) is 18.4 Å². The zero-order valence-electron chi connectivity index (χ0n) is 16.4. The zero-order valence-corrected chi connectivity index (χ0v) is 18.7. The summed E-state index contributed by atoms with van der Waals surface area (Å²) < 4.78 is 11.1. The summed E-state index contributed by atoms with van der Waals surface area (Å²) in [6.07, 6.45) is 1.59. The van der Waals surface area contributed by atoms with Crippen LogP contribution in [0.15, 0.2) is 9.41 Å². The first-order valence-corrected chi connectivity index (χ1v) is 9.45. The molecule has 8 nitrogen and oxygen atoms in total. The van der Waals surface area contributed by atoms with Crippen LogP contribution in [0, 0.1) is 13.8 Å². The van der Waals surface area contributed by atoms with Crippen molar-refractivity contribution >= 4 is 35.8 Å². The van der Waals surface area contributed by atoms with Crippen molar-refractivity contribution in [3.63, 3.8) is 0 Å². The molecule has 1 aromatic heterocycles. The Kier molecular flexibility index (Phi) is 8.33. The van der Waals surface area contributed by atoms with Crippen LogP contribution in [-0.4, -0.2) is 72.1 Å². The number of aryl methyl sites for hydroxylation is 2. The first-order valence-electron chi connectivity index (χ1n) is 9.45. The second-order valence-electron chi connectivity index (χ2n) is 6.73. The van der Waals surface area contributed by atoms with Crippen LogP contribution in [0.1, 0.15) is 37.1 Å². The van der Waals surface area contributed by atoms with E-state index < -0.39 is 0 Å². The van der Waals surface area contributed by atoms with Gasteiger partial charge in [0, 0.05) is 39.3 Å². The number of aromatic nitrogens is 1. The van der Waals surface area contributed by atoms with Gasteiger partial charge in [-0.1, -0.05) is 0 Å². The molecule has 0 spiro atoms. The minimum absolute atomic E-state index is 0. The van der Waals surface area contributed by atoms with Crippen molar-refractivity contribution in [2.24, 2.45) is 4.99 Å². The van der Waals surface area contributed by atoms with E-state index in [9.17, 15) is 4.79 Å². The van der Waals surface area contributed by atoms with Gasteiger partial charge in [0.2, 0.25) is 5.89 Å². The van der Waals surface area contributed by atoms with Crippen LogP contribution in [-0.2, 0) is 16.1 Å². The van der Waals surface area contributed by atoms with Crippen LogP contribution in [0.5, 0.6) is 0 Å². The lowest BCUT2D eigenvalue weighted by molar-refractivity contribution is -0.142. The summed E-state index contributed by atoms with van der Waals surface area (Å²) in [6.45, 7) is 10.7. The lowest BCUT2D eigenvalue weighted by Crippen LogP contribution is -2.55. The summed E-state index contributed by atoms with van der Waals surface area (Å²) in [5, 5.41) is 3.32. The van der Waals surface area contributed by atoms with Gasteiger partial charge in [-0.25, -0.2) is 9.98 Å². The molecular weight excluding hydrogens is 461 g/mol. The number of hydrogen-bond acceptors (Lipinski definition) is 5. The molecule has 2 aliphatic heterocycles. The molecule has 1 aromatic rings. The quantitative estimate of drug-likeness (QED) is 0.392. The Morgan fingerprint density at radius 1 is 1.26 bits per heavy atom. The van der Waals surface area contributed by atoms with Crippen LogP contribution >= 0.6 is 24.0 Å². The SMILES string of the molecule is CCNC(=NCc1nc(C)c(C)o1)N1CCN(C(=O)C2CCCO2)CC1.I. The second-order valence-corrected chi connectivity index (χ2v) is 6.73. The molecule has 3 rings (SSSR count). The number of halogens is 1. The molecule has 27 heavy (non-hydrogen) atoms. The van der Waals surface area contributed by atoms with Gasteiger partial charge in [-0.3, -0.25) is 4.79 Å². The van der Waals surface area contributed by atoms with Crippen LogP contribution in [0.4, 0.5) is 0 Å². The number of oxazole rings is 1. The van der Waals surface area contributed by atoms with E-state index in [0.717, 1.165) is 49.9 Å². The predicted molar refractivity (Wildman–Crippen MR) is 113 cm³/mol. The van der Waals surface area contributed by atoms with E-state index in [4.69, 9.17) is 9.15 Å². The molecule has 1 amide bonds. The average molecular weight is 491 g/mol. The molecule has 1 atom stereocenters. The number of carbonyl (C=O) groups is 1. The number of rotatable bonds is 4. The molecule has 0 aliphatic carbocycles. The van der Waals surface area contributed by atoms with Crippen LogP contribution in [0.2, 0.25) is 0 Å². The molecule has 0 aromatic carbocycles. The molecule has 2 fully saturated rings. The average Bonchev–Trinajstić information content (AvgIpc) is 3.29. The minimum atomic E-state index is -0.236. The van der Waals surface area contributed by atoms with Crippen molar-refractivity contribution in [1.29, 1.82) is 0 Å². The number of hydrogen-bond donors (Lipinski definition) is 1. The van der Waals surface area contributed by atoms with Crippen LogP contribution in [0.25, 0.3) is 0 Å². The molecule has 9 heteroatoms. The van der Waals surface area contributed by atoms with E-state index >= 15 is 0 Å². The van der Waals surface area contributed by atoms with Gasteiger partial charge in [0.15, 0.2) is 5.96 Å². The molecular formula is C18H30IN5O3. The first kappa shape index (κ1) is 21.9. The summed E-state index contributed by atoms with van der Waals surface area (Å²) >= 11 is 0. The molecule has 3 heterocycles. The van der Waals surface area contributed by atoms with Crippen LogP contribution < -0.4 is 5.32 Å². The first-order chi connectivity index (χ1) is 12.6. The molecule has 2 saturated heterocycles. The maximum atomic E-state index is 12.5. The summed E-state index contributed by atoms with van der Waals surface area (Å²) in [5.74, 6) is 2.43. The summed E-state index contributed by atoms with van der Waals surface area (Å²) in [4.78, 5) is 25.6. The Hall–Kier alpha value is -1.36. The highest BCUT2D eigenvalue weighted by Crippen LogP contribution is 2.16. The largest absolute Gasteiger partial charge is 0.444 e. The maximum absolute atomic E-state index is 12.5. The molecule has 152 valence electrons. The third-order valence-corrected chi connectivity index (χ3v) is 4.87. The predicted octanol–water partition coefficient (Wildman–Crippen LogP) is 1.70. The standard InChI is InChI=1S/C18H29N5O3.HI/c1-4-19-18(20-12-16-21-13(2)14(3)26-16)23-9-7-22(8-10-23)17(24)15-6-5-11-25-15;/h15H,4-12H2,1-3H3,(H,19,20);1H. The topological polar surface area (TPSA) is 83.2 Å². The molecule has 1 N–H and O–H groups in total. The van der Waals surface area contributed by atoms with Crippen LogP contribution in [0.3, 0.4) is 0 Å². The Bertz CT molecular complexity index is 630. The Morgan fingerprint density at radius 3 is 2.52 bits per heavy atom. The third-order valence-electron chi connectivity index (χ3n) is 4.87. The Balaban J connectivity index is 0.00000261. The summed E-state index contributed by atoms with van der Waals surface area (Å²) in [7, 11) is 0. The van der Waals surface area contributed by atoms with Gasteiger partial charge in [-0.2, -0.15) is 0 Å². The number of carbonyl (C=O) groups excluding carboxylic acids is 1. The zero-order chi connectivity index (χ0) is 18.5. The van der Waals surface area contributed by atoms with Crippen molar-refractivity contribution in [1.82, 2.24) is 20.1 Å². The minimum Gasteiger partial charge on any atom is -0.444 e. The molecule has 1 unspecified atom stereocenters. The highest BCUT2D eigenvalue weighted by Gasteiger charge is 2.30. The fourth-order valence-corrected chi connectivity index (χ4v) is 3.29. The molecule has 2 aliphatic rings. The smallest absolute Gasteiger partial charge is 0.251 e. The number of piperazine rings is 1. The number of guanidine groups is 1. The summed E-state index contributed by atoms with van der Waals surface area (Å²) in [5.41, 5.74) is 0.904. The Labute approximate surface area is 177 Å². The van der Waals surface area contributed by atoms with Crippen molar-refractivity contribution in [2.45, 2.75) is 46.3 Å². The number of aliphatic imine (C=N–C) groups is 1.